The molecule has 1 radical (unpaired) electrons. The van der Waals surface area contributed by atoms with Gasteiger partial charge >= 0.3 is 0 Å². The molecule has 57 valence electrons. The van der Waals surface area contributed by atoms with E-state index < -0.39 is 0 Å². The summed E-state index contributed by atoms with van der Waals surface area (Å²) in [5.41, 5.74) is 0. The van der Waals surface area contributed by atoms with Crippen LogP contribution >= 0.6 is 0 Å². The highest BCUT2D eigenvalue weighted by Gasteiger charge is 1.91. The first-order valence-corrected chi connectivity index (χ1v) is 4.08. The van der Waals surface area contributed by atoms with E-state index in [0.29, 0.717) is 5.92 Å². The van der Waals surface area contributed by atoms with Crippen molar-refractivity contribution in [2.45, 2.75) is 39.5 Å². The molecule has 0 spiro atoms. The molecule has 1 unspecified atom stereocenters. The average molecular weight is 137 g/mol. The van der Waals surface area contributed by atoms with Crippen LogP contribution in [0.4, 0.5) is 0 Å². The summed E-state index contributed by atoms with van der Waals surface area (Å²) in [7, 11) is 0. The van der Waals surface area contributed by atoms with Crippen LogP contribution in [0.2, 0.25) is 0 Å². The van der Waals surface area contributed by atoms with Gasteiger partial charge < -0.3 is 0 Å². The van der Waals surface area contributed by atoms with Gasteiger partial charge in [-0.3, -0.25) is 0 Å². The molecule has 10 heavy (non-hydrogen) atoms. The lowest BCUT2D eigenvalue weighted by atomic mass is 10.1. The first kappa shape index (κ1) is 9.56. The van der Waals surface area contributed by atoms with Crippen LogP contribution in [-0.2, 0) is 0 Å². The van der Waals surface area contributed by atoms with Gasteiger partial charge in [-0.2, -0.15) is 0 Å². The Morgan fingerprint density at radius 2 is 2.20 bits per heavy atom. The molecule has 0 bridgehead atoms. The summed E-state index contributed by atoms with van der Waals surface area (Å²) in [4.78, 5) is 0. The van der Waals surface area contributed by atoms with Gasteiger partial charge in [-0.05, 0) is 12.8 Å². The molecule has 0 aliphatic heterocycles. The SMILES string of the molecule is [CH2]CCC(C)C#CCCC. The fraction of sp³-hybridized carbons (Fsp3) is 0.700. The van der Waals surface area contributed by atoms with Crippen molar-refractivity contribution in [1.29, 1.82) is 0 Å². The van der Waals surface area contributed by atoms with Crippen LogP contribution < -0.4 is 0 Å². The maximum atomic E-state index is 3.79. The van der Waals surface area contributed by atoms with Crippen LogP contribution in [0.1, 0.15) is 39.5 Å². The van der Waals surface area contributed by atoms with E-state index in [4.69, 9.17) is 0 Å². The van der Waals surface area contributed by atoms with E-state index in [2.05, 4.69) is 32.6 Å². The summed E-state index contributed by atoms with van der Waals surface area (Å²) in [5.74, 6) is 6.88. The van der Waals surface area contributed by atoms with Crippen LogP contribution in [0.25, 0.3) is 0 Å². The third-order valence-corrected chi connectivity index (χ3v) is 1.36. The Morgan fingerprint density at radius 1 is 1.50 bits per heavy atom. The largest absolute Gasteiger partial charge is 0.103 e. The van der Waals surface area contributed by atoms with Crippen molar-refractivity contribution in [3.63, 3.8) is 0 Å². The summed E-state index contributed by atoms with van der Waals surface area (Å²) in [6.45, 7) is 8.10. The lowest BCUT2D eigenvalue weighted by molar-refractivity contribution is 0.677. The van der Waals surface area contributed by atoms with Gasteiger partial charge in [0.25, 0.3) is 0 Å². The van der Waals surface area contributed by atoms with Crippen molar-refractivity contribution in [3.8, 4) is 11.8 Å². The molecule has 0 saturated carbocycles. The Hall–Kier alpha value is -0.440. The van der Waals surface area contributed by atoms with Crippen molar-refractivity contribution < 1.29 is 0 Å². The van der Waals surface area contributed by atoms with Crippen molar-refractivity contribution in [1.82, 2.24) is 0 Å². The number of hydrogen-bond acceptors (Lipinski definition) is 0. The van der Waals surface area contributed by atoms with Gasteiger partial charge in [-0.1, -0.05) is 27.2 Å². The summed E-state index contributed by atoms with van der Waals surface area (Å²) >= 11 is 0. The van der Waals surface area contributed by atoms with E-state index in [-0.39, 0.29) is 0 Å². The van der Waals surface area contributed by atoms with Gasteiger partial charge in [0.05, 0.1) is 0 Å². The average Bonchev–Trinajstić information content (AvgIpc) is 1.89. The fourth-order valence-corrected chi connectivity index (χ4v) is 0.750. The minimum Gasteiger partial charge on any atom is -0.103 e. The molecule has 0 aromatic heterocycles. The monoisotopic (exact) mass is 137 g/mol. The maximum Gasteiger partial charge on any atom is 0.0174 e. The predicted molar refractivity (Wildman–Crippen MR) is 46.4 cm³/mol. The number of hydrogen-bond donors (Lipinski definition) is 0. The zero-order valence-corrected chi connectivity index (χ0v) is 7.11. The number of unbranched alkanes of at least 4 members (excludes halogenated alkanes) is 1. The van der Waals surface area contributed by atoms with Crippen molar-refractivity contribution >= 4 is 0 Å². The smallest absolute Gasteiger partial charge is 0.0174 e. The Morgan fingerprint density at radius 3 is 2.70 bits per heavy atom. The molecule has 0 aliphatic rings. The third-order valence-electron chi connectivity index (χ3n) is 1.36. The highest BCUT2D eigenvalue weighted by Crippen LogP contribution is 2.01. The first-order chi connectivity index (χ1) is 4.81. The molecule has 0 nitrogen and oxygen atoms in total. The Bertz CT molecular complexity index is 114. The van der Waals surface area contributed by atoms with E-state index in [9.17, 15) is 0 Å². The van der Waals surface area contributed by atoms with Crippen molar-refractivity contribution in [3.05, 3.63) is 6.92 Å². The van der Waals surface area contributed by atoms with Gasteiger partial charge in [0.15, 0.2) is 0 Å². The highest BCUT2D eigenvalue weighted by molar-refractivity contribution is 5.01. The topological polar surface area (TPSA) is 0 Å². The molecule has 0 N–H and O–H groups in total. The van der Waals surface area contributed by atoms with E-state index in [1.165, 1.54) is 6.42 Å². The second-order valence-electron chi connectivity index (χ2n) is 2.61. The minimum absolute atomic E-state index is 0.545. The van der Waals surface area contributed by atoms with E-state index >= 15 is 0 Å². The van der Waals surface area contributed by atoms with Gasteiger partial charge in [0.2, 0.25) is 0 Å². The van der Waals surface area contributed by atoms with Gasteiger partial charge in [-0.25, -0.2) is 0 Å². The quantitative estimate of drug-likeness (QED) is 0.524. The Kier molecular flexibility index (Phi) is 6.38. The Labute approximate surface area is 65.0 Å². The highest BCUT2D eigenvalue weighted by atomic mass is 14.0. The summed E-state index contributed by atoms with van der Waals surface area (Å²) in [5, 5.41) is 0. The molecule has 0 heterocycles. The standard InChI is InChI=1S/C10H17/c1-4-6-7-9-10(3)8-5-2/h10H,2,4-6,8H2,1,3H3. The molecule has 0 amide bonds. The van der Waals surface area contributed by atoms with Crippen LogP contribution in [0.15, 0.2) is 0 Å². The maximum absolute atomic E-state index is 3.79. The van der Waals surface area contributed by atoms with Crippen LogP contribution in [0, 0.1) is 24.7 Å². The Balaban J connectivity index is 3.37. The van der Waals surface area contributed by atoms with E-state index in [1.807, 2.05) is 0 Å². The minimum atomic E-state index is 0.545. The van der Waals surface area contributed by atoms with E-state index in [1.54, 1.807) is 0 Å². The zero-order valence-electron chi connectivity index (χ0n) is 7.11. The second-order valence-corrected chi connectivity index (χ2v) is 2.61. The molecular formula is C10H17. The molecule has 0 aromatic rings. The molecule has 0 saturated heterocycles. The van der Waals surface area contributed by atoms with Crippen molar-refractivity contribution in [2.24, 2.45) is 5.92 Å². The predicted octanol–water partition coefficient (Wildman–Crippen LogP) is 3.04. The molecule has 0 aliphatic carbocycles. The molecule has 1 atom stereocenters. The van der Waals surface area contributed by atoms with Crippen LogP contribution in [0.5, 0.6) is 0 Å². The summed E-state index contributed by atoms with van der Waals surface area (Å²) in [6, 6.07) is 0. The molecule has 0 fully saturated rings. The third kappa shape index (κ3) is 5.69. The van der Waals surface area contributed by atoms with Gasteiger partial charge in [-0.15, -0.1) is 11.8 Å². The summed E-state index contributed by atoms with van der Waals surface area (Å²) < 4.78 is 0. The fourth-order valence-electron chi connectivity index (χ4n) is 0.750. The zero-order chi connectivity index (χ0) is 7.82. The second kappa shape index (κ2) is 6.68. The van der Waals surface area contributed by atoms with Gasteiger partial charge in [0, 0.05) is 12.3 Å². The van der Waals surface area contributed by atoms with Crippen LogP contribution in [-0.4, -0.2) is 0 Å². The van der Waals surface area contributed by atoms with Gasteiger partial charge in [0.1, 0.15) is 0 Å². The van der Waals surface area contributed by atoms with Crippen molar-refractivity contribution in [2.75, 3.05) is 0 Å². The lowest BCUT2D eigenvalue weighted by Gasteiger charge is -1.97. The first-order valence-electron chi connectivity index (χ1n) is 4.08. The molecule has 0 rings (SSSR count). The van der Waals surface area contributed by atoms with E-state index in [0.717, 1.165) is 19.3 Å². The molecule has 0 heteroatoms. The van der Waals surface area contributed by atoms with Crippen LogP contribution in [0.3, 0.4) is 0 Å². The lowest BCUT2D eigenvalue weighted by Crippen LogP contribution is -1.87. The summed E-state index contributed by atoms with van der Waals surface area (Å²) in [6.07, 6.45) is 4.35. The normalized spacial score (nSPS) is 11.9. The molecule has 0 aromatic carbocycles. The number of rotatable bonds is 3. The molecular weight excluding hydrogens is 120 g/mol.